The molecule has 4 heteroatoms. The Bertz CT molecular complexity index is 403. The molecule has 1 aromatic rings. The molecule has 1 saturated heterocycles. The Labute approximate surface area is 99.7 Å². The number of rotatable bonds is 2. The zero-order valence-corrected chi connectivity index (χ0v) is 9.84. The number of aliphatic hydroxyl groups is 1. The molecule has 1 heterocycles. The fraction of sp³-hybridized carbons (Fsp3) is 0.538. The van der Waals surface area contributed by atoms with E-state index in [0.717, 1.165) is 19.4 Å². The van der Waals surface area contributed by atoms with E-state index in [1.807, 2.05) is 0 Å². The Hall–Kier alpha value is -1.00. The lowest BCUT2D eigenvalue weighted by Crippen LogP contribution is -2.33. The van der Waals surface area contributed by atoms with Gasteiger partial charge in [-0.25, -0.2) is 8.78 Å². The average molecular weight is 241 g/mol. The minimum absolute atomic E-state index is 0.0413. The molecule has 1 aliphatic rings. The second kappa shape index (κ2) is 5.10. The van der Waals surface area contributed by atoms with E-state index in [-0.39, 0.29) is 17.0 Å². The molecule has 0 bridgehead atoms. The first kappa shape index (κ1) is 12.5. The van der Waals surface area contributed by atoms with Gasteiger partial charge in [-0.3, -0.25) is 0 Å². The molecule has 2 nitrogen and oxygen atoms in total. The third-order valence-corrected chi connectivity index (χ3v) is 3.41. The first-order valence-electron chi connectivity index (χ1n) is 5.94. The van der Waals surface area contributed by atoms with E-state index in [9.17, 15) is 13.9 Å². The summed E-state index contributed by atoms with van der Waals surface area (Å²) in [6.07, 6.45) is 0.860. The van der Waals surface area contributed by atoms with Crippen molar-refractivity contribution < 1.29 is 13.9 Å². The molecule has 1 fully saturated rings. The molecule has 0 radical (unpaired) electrons. The maximum atomic E-state index is 13.7. The van der Waals surface area contributed by atoms with Gasteiger partial charge >= 0.3 is 0 Å². The van der Waals surface area contributed by atoms with Crippen molar-refractivity contribution in [3.05, 3.63) is 34.9 Å². The summed E-state index contributed by atoms with van der Waals surface area (Å²) in [6, 6.07) is 2.99. The van der Waals surface area contributed by atoms with Gasteiger partial charge in [0.25, 0.3) is 0 Å². The van der Waals surface area contributed by atoms with E-state index < -0.39 is 17.7 Å². The number of aliphatic hydroxyl groups excluding tert-OH is 1. The van der Waals surface area contributed by atoms with Crippen LogP contribution in [0.4, 0.5) is 8.78 Å². The molecule has 1 aromatic carbocycles. The van der Waals surface area contributed by atoms with Crippen molar-refractivity contribution in [1.29, 1.82) is 0 Å². The molecule has 2 rings (SSSR count). The SMILES string of the molecule is Cc1ccc(C(O)C2CCCNC2)c(F)c1F. The standard InChI is InChI=1S/C13H17F2NO/c1-8-4-5-10(12(15)11(8)14)13(17)9-3-2-6-16-7-9/h4-5,9,13,16-17H,2-3,6-7H2,1H3. The monoisotopic (exact) mass is 241 g/mol. The van der Waals surface area contributed by atoms with E-state index in [0.29, 0.717) is 6.54 Å². The van der Waals surface area contributed by atoms with Gasteiger partial charge < -0.3 is 10.4 Å². The lowest BCUT2D eigenvalue weighted by atomic mass is 9.89. The molecular weight excluding hydrogens is 224 g/mol. The molecular formula is C13H17F2NO. The van der Waals surface area contributed by atoms with Crippen LogP contribution in [0.1, 0.15) is 30.1 Å². The molecule has 1 aliphatic heterocycles. The van der Waals surface area contributed by atoms with Gasteiger partial charge in [-0.2, -0.15) is 0 Å². The summed E-state index contributed by atoms with van der Waals surface area (Å²) in [4.78, 5) is 0. The smallest absolute Gasteiger partial charge is 0.164 e. The average Bonchev–Trinajstić information content (AvgIpc) is 2.36. The van der Waals surface area contributed by atoms with Crippen LogP contribution >= 0.6 is 0 Å². The van der Waals surface area contributed by atoms with Gasteiger partial charge in [0, 0.05) is 18.0 Å². The fourth-order valence-electron chi connectivity index (χ4n) is 2.29. The lowest BCUT2D eigenvalue weighted by molar-refractivity contribution is 0.0881. The Morgan fingerprint density at radius 3 is 2.76 bits per heavy atom. The first-order valence-corrected chi connectivity index (χ1v) is 5.94. The van der Waals surface area contributed by atoms with Gasteiger partial charge in [0.2, 0.25) is 0 Å². The first-order chi connectivity index (χ1) is 8.11. The lowest BCUT2D eigenvalue weighted by Gasteiger charge is -2.27. The molecule has 0 spiro atoms. The molecule has 0 saturated carbocycles. The molecule has 2 unspecified atom stereocenters. The van der Waals surface area contributed by atoms with Crippen LogP contribution in [0.5, 0.6) is 0 Å². The van der Waals surface area contributed by atoms with Crippen molar-refractivity contribution >= 4 is 0 Å². The van der Waals surface area contributed by atoms with Crippen molar-refractivity contribution in [2.75, 3.05) is 13.1 Å². The third kappa shape index (κ3) is 2.48. The topological polar surface area (TPSA) is 32.3 Å². The predicted octanol–water partition coefficient (Wildman–Crippen LogP) is 2.31. The summed E-state index contributed by atoms with van der Waals surface area (Å²) >= 11 is 0. The van der Waals surface area contributed by atoms with Crippen LogP contribution in [0.25, 0.3) is 0 Å². The highest BCUT2D eigenvalue weighted by Crippen LogP contribution is 2.30. The van der Waals surface area contributed by atoms with Crippen molar-refractivity contribution in [2.45, 2.75) is 25.9 Å². The van der Waals surface area contributed by atoms with Crippen LogP contribution in [0.3, 0.4) is 0 Å². The minimum Gasteiger partial charge on any atom is -0.388 e. The summed E-state index contributed by atoms with van der Waals surface area (Å²) < 4.78 is 27.1. The highest BCUT2D eigenvalue weighted by molar-refractivity contribution is 5.27. The maximum Gasteiger partial charge on any atom is 0.164 e. The van der Waals surface area contributed by atoms with Crippen LogP contribution in [-0.2, 0) is 0 Å². The third-order valence-electron chi connectivity index (χ3n) is 3.41. The van der Waals surface area contributed by atoms with Crippen LogP contribution in [0.2, 0.25) is 0 Å². The Kier molecular flexibility index (Phi) is 3.74. The maximum absolute atomic E-state index is 13.7. The molecule has 94 valence electrons. The number of nitrogens with one attached hydrogen (secondary N) is 1. The number of piperidine rings is 1. The van der Waals surface area contributed by atoms with Gasteiger partial charge in [-0.15, -0.1) is 0 Å². The zero-order chi connectivity index (χ0) is 12.4. The Morgan fingerprint density at radius 1 is 1.35 bits per heavy atom. The van der Waals surface area contributed by atoms with Crippen LogP contribution in [0, 0.1) is 24.5 Å². The van der Waals surface area contributed by atoms with Crippen molar-refractivity contribution in [2.24, 2.45) is 5.92 Å². The van der Waals surface area contributed by atoms with Crippen molar-refractivity contribution in [3.63, 3.8) is 0 Å². The second-order valence-electron chi connectivity index (χ2n) is 4.65. The quantitative estimate of drug-likeness (QED) is 0.832. The number of benzene rings is 1. The Balaban J connectivity index is 2.24. The fourth-order valence-corrected chi connectivity index (χ4v) is 2.29. The number of halogens is 2. The molecule has 17 heavy (non-hydrogen) atoms. The molecule has 2 atom stereocenters. The highest BCUT2D eigenvalue weighted by Gasteiger charge is 2.26. The summed E-state index contributed by atoms with van der Waals surface area (Å²) in [6.45, 7) is 3.08. The van der Waals surface area contributed by atoms with Gasteiger partial charge in [0.1, 0.15) is 0 Å². The van der Waals surface area contributed by atoms with Gasteiger partial charge in [0.15, 0.2) is 11.6 Å². The summed E-state index contributed by atoms with van der Waals surface area (Å²) in [7, 11) is 0. The van der Waals surface area contributed by atoms with E-state index >= 15 is 0 Å². The number of hydrogen-bond acceptors (Lipinski definition) is 2. The largest absolute Gasteiger partial charge is 0.388 e. The van der Waals surface area contributed by atoms with Gasteiger partial charge in [-0.1, -0.05) is 12.1 Å². The van der Waals surface area contributed by atoms with E-state index in [1.165, 1.54) is 19.1 Å². The van der Waals surface area contributed by atoms with Crippen molar-refractivity contribution in [1.82, 2.24) is 5.32 Å². The Morgan fingerprint density at radius 2 is 2.12 bits per heavy atom. The van der Waals surface area contributed by atoms with E-state index in [4.69, 9.17) is 0 Å². The van der Waals surface area contributed by atoms with Gasteiger partial charge in [0.05, 0.1) is 6.10 Å². The van der Waals surface area contributed by atoms with E-state index in [1.54, 1.807) is 0 Å². The summed E-state index contributed by atoms with van der Waals surface area (Å²) in [5, 5.41) is 13.2. The minimum atomic E-state index is -0.933. The van der Waals surface area contributed by atoms with Crippen LogP contribution < -0.4 is 5.32 Å². The molecule has 0 aliphatic carbocycles. The highest BCUT2D eigenvalue weighted by atomic mass is 19.2. The van der Waals surface area contributed by atoms with Crippen molar-refractivity contribution in [3.8, 4) is 0 Å². The second-order valence-corrected chi connectivity index (χ2v) is 4.65. The van der Waals surface area contributed by atoms with Gasteiger partial charge in [-0.05, 0) is 31.9 Å². The number of aryl methyl sites for hydroxylation is 1. The van der Waals surface area contributed by atoms with E-state index in [2.05, 4.69) is 5.32 Å². The summed E-state index contributed by atoms with van der Waals surface area (Å²) in [5.41, 5.74) is 0.335. The summed E-state index contributed by atoms with van der Waals surface area (Å²) in [5.74, 6) is -1.81. The van der Waals surface area contributed by atoms with Crippen LogP contribution in [-0.4, -0.2) is 18.2 Å². The molecule has 0 aromatic heterocycles. The number of hydrogen-bond donors (Lipinski definition) is 2. The van der Waals surface area contributed by atoms with Crippen LogP contribution in [0.15, 0.2) is 12.1 Å². The normalized spacial score (nSPS) is 22.5. The molecule has 0 amide bonds. The molecule has 2 N–H and O–H groups in total. The zero-order valence-electron chi connectivity index (χ0n) is 9.84. The predicted molar refractivity (Wildman–Crippen MR) is 61.6 cm³/mol.